The Labute approximate surface area is 107 Å². The van der Waals surface area contributed by atoms with E-state index in [0.29, 0.717) is 10.9 Å². The smallest absolute Gasteiger partial charge is 0.171 e. The Morgan fingerprint density at radius 3 is 2.62 bits per heavy atom. The van der Waals surface area contributed by atoms with E-state index in [1.165, 1.54) is 6.07 Å². The molecule has 1 rings (SSSR count). The molecule has 2 nitrogen and oxygen atoms in total. The molecule has 1 unspecified atom stereocenters. The van der Waals surface area contributed by atoms with Crippen LogP contribution in [0.15, 0.2) is 6.07 Å². The third-order valence-electron chi connectivity index (χ3n) is 2.72. The first-order valence-electron chi connectivity index (χ1n) is 5.65. The van der Waals surface area contributed by atoms with Crippen LogP contribution >= 0.6 is 23.2 Å². The molecule has 1 aromatic rings. The normalized spacial score (nSPS) is 12.8. The van der Waals surface area contributed by atoms with Crippen molar-refractivity contribution in [2.24, 2.45) is 0 Å². The molecule has 0 fully saturated rings. The number of hydrogen-bond acceptors (Lipinski definition) is 2. The predicted octanol–water partition coefficient (Wildman–Crippen LogP) is 4.78. The molecule has 1 heterocycles. The van der Waals surface area contributed by atoms with Crippen LogP contribution in [0.3, 0.4) is 0 Å². The number of rotatable bonds is 5. The molecule has 0 amide bonds. The van der Waals surface area contributed by atoms with Gasteiger partial charge in [0.25, 0.3) is 0 Å². The fourth-order valence-corrected chi connectivity index (χ4v) is 2.19. The van der Waals surface area contributed by atoms with Gasteiger partial charge in [-0.15, -0.1) is 0 Å². The van der Waals surface area contributed by atoms with Gasteiger partial charge in [0.15, 0.2) is 10.9 Å². The van der Waals surface area contributed by atoms with Gasteiger partial charge in [-0.1, -0.05) is 49.9 Å². The minimum Gasteiger partial charge on any atom is -0.505 e. The standard InChI is InChI=1S/C12H17Cl2NO/c1-3-5-6-8(4-2)11-9(13)7-10(16)12(14)15-11/h7-8,16H,3-6H2,1-2H3. The number of pyridine rings is 1. The monoisotopic (exact) mass is 261 g/mol. The van der Waals surface area contributed by atoms with E-state index >= 15 is 0 Å². The third kappa shape index (κ3) is 3.26. The number of aromatic hydroxyl groups is 1. The van der Waals surface area contributed by atoms with Crippen LogP contribution in [0.25, 0.3) is 0 Å². The molecule has 0 aliphatic heterocycles. The van der Waals surface area contributed by atoms with Gasteiger partial charge in [0.2, 0.25) is 0 Å². The highest BCUT2D eigenvalue weighted by Crippen LogP contribution is 2.34. The summed E-state index contributed by atoms with van der Waals surface area (Å²) < 4.78 is 0. The number of aromatic nitrogens is 1. The molecule has 0 bridgehead atoms. The van der Waals surface area contributed by atoms with Crippen molar-refractivity contribution in [3.05, 3.63) is 21.9 Å². The van der Waals surface area contributed by atoms with Crippen molar-refractivity contribution in [2.75, 3.05) is 0 Å². The van der Waals surface area contributed by atoms with Crippen LogP contribution in [0.2, 0.25) is 10.2 Å². The van der Waals surface area contributed by atoms with E-state index < -0.39 is 0 Å². The third-order valence-corrected chi connectivity index (χ3v) is 3.30. The second kappa shape index (κ2) is 6.31. The van der Waals surface area contributed by atoms with Crippen LogP contribution in [0.5, 0.6) is 5.75 Å². The van der Waals surface area contributed by atoms with Crippen molar-refractivity contribution in [3.8, 4) is 5.75 Å². The van der Waals surface area contributed by atoms with Crippen LogP contribution in [-0.4, -0.2) is 10.1 Å². The maximum Gasteiger partial charge on any atom is 0.171 e. The predicted molar refractivity (Wildman–Crippen MR) is 68.5 cm³/mol. The van der Waals surface area contributed by atoms with Crippen molar-refractivity contribution in [3.63, 3.8) is 0 Å². The molecule has 0 saturated carbocycles. The molecule has 0 saturated heterocycles. The Hall–Kier alpha value is -0.470. The molecule has 90 valence electrons. The summed E-state index contributed by atoms with van der Waals surface area (Å²) in [6.07, 6.45) is 4.34. The molecule has 0 aliphatic rings. The average Bonchev–Trinajstić information content (AvgIpc) is 2.26. The molecule has 1 aromatic heterocycles. The SMILES string of the molecule is CCCCC(CC)c1nc(Cl)c(O)cc1Cl. The van der Waals surface area contributed by atoms with Gasteiger partial charge >= 0.3 is 0 Å². The van der Waals surface area contributed by atoms with Gasteiger partial charge in [-0.3, -0.25) is 0 Å². The van der Waals surface area contributed by atoms with Gasteiger partial charge in [-0.2, -0.15) is 0 Å². The van der Waals surface area contributed by atoms with Crippen molar-refractivity contribution in [2.45, 2.75) is 45.4 Å². The average molecular weight is 262 g/mol. The first kappa shape index (κ1) is 13.6. The Balaban J connectivity index is 2.95. The highest BCUT2D eigenvalue weighted by molar-refractivity contribution is 6.33. The molecule has 1 atom stereocenters. The van der Waals surface area contributed by atoms with E-state index in [-0.39, 0.29) is 10.9 Å². The van der Waals surface area contributed by atoms with E-state index in [1.54, 1.807) is 0 Å². The molecule has 0 aliphatic carbocycles. The highest BCUT2D eigenvalue weighted by Gasteiger charge is 2.16. The van der Waals surface area contributed by atoms with E-state index in [2.05, 4.69) is 18.8 Å². The van der Waals surface area contributed by atoms with Crippen LogP contribution in [0.4, 0.5) is 0 Å². The number of nitrogens with zero attached hydrogens (tertiary/aromatic N) is 1. The van der Waals surface area contributed by atoms with E-state index in [0.717, 1.165) is 31.4 Å². The topological polar surface area (TPSA) is 33.1 Å². The molecule has 0 spiro atoms. The van der Waals surface area contributed by atoms with Crippen molar-refractivity contribution < 1.29 is 5.11 Å². The van der Waals surface area contributed by atoms with Crippen LogP contribution < -0.4 is 0 Å². The summed E-state index contributed by atoms with van der Waals surface area (Å²) in [5, 5.41) is 10.0. The molecule has 0 radical (unpaired) electrons. The molecule has 4 heteroatoms. The van der Waals surface area contributed by atoms with Gasteiger partial charge < -0.3 is 5.11 Å². The van der Waals surface area contributed by atoms with Gasteiger partial charge in [-0.25, -0.2) is 4.98 Å². The minimum absolute atomic E-state index is 0.0549. The lowest BCUT2D eigenvalue weighted by Crippen LogP contribution is -2.02. The van der Waals surface area contributed by atoms with Crippen LogP contribution in [0, 0.1) is 0 Å². The lowest BCUT2D eigenvalue weighted by Gasteiger charge is -2.15. The van der Waals surface area contributed by atoms with Crippen molar-refractivity contribution in [1.82, 2.24) is 4.98 Å². The summed E-state index contributed by atoms with van der Waals surface area (Å²) in [6, 6.07) is 1.47. The molecule has 0 aromatic carbocycles. The Morgan fingerprint density at radius 2 is 2.06 bits per heavy atom. The first-order valence-corrected chi connectivity index (χ1v) is 6.40. The fraction of sp³-hybridized carbons (Fsp3) is 0.583. The minimum atomic E-state index is -0.0549. The first-order chi connectivity index (χ1) is 7.60. The van der Waals surface area contributed by atoms with E-state index in [1.807, 2.05) is 0 Å². The lowest BCUT2D eigenvalue weighted by atomic mass is 9.95. The quantitative estimate of drug-likeness (QED) is 0.775. The summed E-state index contributed by atoms with van der Waals surface area (Å²) in [7, 11) is 0. The van der Waals surface area contributed by atoms with E-state index in [4.69, 9.17) is 23.2 Å². The lowest BCUT2D eigenvalue weighted by molar-refractivity contribution is 0.470. The number of halogens is 2. The largest absolute Gasteiger partial charge is 0.505 e. The zero-order valence-electron chi connectivity index (χ0n) is 9.63. The van der Waals surface area contributed by atoms with Gasteiger partial charge in [0, 0.05) is 12.0 Å². The van der Waals surface area contributed by atoms with Crippen LogP contribution in [0.1, 0.15) is 51.1 Å². The summed E-state index contributed by atoms with van der Waals surface area (Å²) in [5.41, 5.74) is 0.806. The molecule has 16 heavy (non-hydrogen) atoms. The highest BCUT2D eigenvalue weighted by atomic mass is 35.5. The number of unbranched alkanes of at least 4 members (excludes halogenated alkanes) is 1. The molecular weight excluding hydrogens is 245 g/mol. The van der Waals surface area contributed by atoms with E-state index in [9.17, 15) is 5.11 Å². The van der Waals surface area contributed by atoms with Gasteiger partial charge in [0.05, 0.1) is 10.7 Å². The molecular formula is C12H17Cl2NO. The summed E-state index contributed by atoms with van der Waals surface area (Å²) in [6.45, 7) is 4.27. The second-order valence-electron chi connectivity index (χ2n) is 3.91. The Morgan fingerprint density at radius 1 is 1.38 bits per heavy atom. The summed E-state index contributed by atoms with van der Waals surface area (Å²) >= 11 is 11.9. The fourth-order valence-electron chi connectivity index (χ4n) is 1.74. The molecule has 1 N–H and O–H groups in total. The maximum atomic E-state index is 9.38. The Bertz CT molecular complexity index is 355. The van der Waals surface area contributed by atoms with Crippen LogP contribution in [-0.2, 0) is 0 Å². The number of hydrogen-bond donors (Lipinski definition) is 1. The zero-order valence-corrected chi connectivity index (χ0v) is 11.1. The van der Waals surface area contributed by atoms with Gasteiger partial charge in [0.1, 0.15) is 0 Å². The zero-order chi connectivity index (χ0) is 12.1. The maximum absolute atomic E-state index is 9.38. The van der Waals surface area contributed by atoms with Crippen molar-refractivity contribution in [1.29, 1.82) is 0 Å². The van der Waals surface area contributed by atoms with Gasteiger partial charge in [-0.05, 0) is 12.8 Å². The summed E-state index contributed by atoms with van der Waals surface area (Å²) in [5.74, 6) is 0.270. The van der Waals surface area contributed by atoms with Crippen molar-refractivity contribution >= 4 is 23.2 Å². The summed E-state index contributed by atoms with van der Waals surface area (Å²) in [4.78, 5) is 4.18. The Kier molecular flexibility index (Phi) is 5.36. The second-order valence-corrected chi connectivity index (χ2v) is 4.68.